The maximum absolute atomic E-state index is 12.5. The highest BCUT2D eigenvalue weighted by molar-refractivity contribution is 7.18. The molecule has 2 aromatic heterocycles. The summed E-state index contributed by atoms with van der Waals surface area (Å²) in [7, 11) is 0. The number of fused-ring (bicyclic) bond motifs is 1. The minimum atomic E-state index is -0.282. The van der Waals surface area contributed by atoms with Gasteiger partial charge in [0.2, 0.25) is 0 Å². The van der Waals surface area contributed by atoms with E-state index in [1.807, 2.05) is 61.7 Å². The quantitative estimate of drug-likeness (QED) is 0.188. The first-order chi connectivity index (χ1) is 18.9. The first-order valence-electron chi connectivity index (χ1n) is 13.2. The van der Waals surface area contributed by atoms with Crippen molar-refractivity contribution in [2.75, 3.05) is 29.5 Å². The lowest BCUT2D eigenvalue weighted by molar-refractivity contribution is 0.262. The number of hydrogen-bond acceptors (Lipinski definition) is 5. The number of benzene rings is 3. The molecular formula is C32H33N5OS. The molecule has 0 aliphatic carbocycles. The Hall–Kier alpha value is -4.20. The molecule has 0 aliphatic rings. The van der Waals surface area contributed by atoms with Crippen molar-refractivity contribution in [3.8, 4) is 22.3 Å². The van der Waals surface area contributed by atoms with Gasteiger partial charge in [0.1, 0.15) is 5.82 Å². The van der Waals surface area contributed by atoms with Gasteiger partial charge >= 0.3 is 6.03 Å². The van der Waals surface area contributed by atoms with Gasteiger partial charge in [0.05, 0.1) is 0 Å². The van der Waals surface area contributed by atoms with Gasteiger partial charge in [-0.25, -0.2) is 9.78 Å². The third kappa shape index (κ3) is 5.95. The van der Waals surface area contributed by atoms with E-state index in [-0.39, 0.29) is 6.03 Å². The van der Waals surface area contributed by atoms with E-state index in [9.17, 15) is 4.79 Å². The Balaban J connectivity index is 1.39. The lowest BCUT2D eigenvalue weighted by Crippen LogP contribution is -2.22. The summed E-state index contributed by atoms with van der Waals surface area (Å²) in [5.41, 5.74) is 14.5. The van der Waals surface area contributed by atoms with Gasteiger partial charge in [0.25, 0.3) is 0 Å². The van der Waals surface area contributed by atoms with Crippen LogP contribution in [0.25, 0.3) is 32.3 Å². The van der Waals surface area contributed by atoms with E-state index in [2.05, 4.69) is 64.0 Å². The number of nitrogens with zero attached hydrogens (tertiary/aromatic N) is 2. The van der Waals surface area contributed by atoms with Gasteiger partial charge in [-0.3, -0.25) is 4.90 Å². The fraction of sp³-hybridized carbons (Fsp3) is 0.188. The van der Waals surface area contributed by atoms with E-state index in [0.717, 1.165) is 63.2 Å². The Morgan fingerprint density at radius 3 is 2.38 bits per heavy atom. The van der Waals surface area contributed by atoms with Crippen LogP contribution in [-0.2, 0) is 6.54 Å². The van der Waals surface area contributed by atoms with Crippen LogP contribution in [0.2, 0.25) is 0 Å². The molecule has 5 rings (SSSR count). The molecule has 5 aromatic rings. The minimum Gasteiger partial charge on any atom is -0.383 e. The molecule has 0 atom stereocenters. The highest BCUT2D eigenvalue weighted by Crippen LogP contribution is 2.42. The van der Waals surface area contributed by atoms with E-state index in [1.54, 1.807) is 11.3 Å². The molecule has 0 spiro atoms. The molecule has 0 saturated carbocycles. The van der Waals surface area contributed by atoms with E-state index in [1.165, 1.54) is 5.56 Å². The Morgan fingerprint density at radius 2 is 1.64 bits per heavy atom. The second kappa shape index (κ2) is 11.7. The molecule has 3 aromatic carbocycles. The van der Waals surface area contributed by atoms with Crippen molar-refractivity contribution < 1.29 is 4.79 Å². The molecule has 0 bridgehead atoms. The number of hydrogen-bond donors (Lipinski definition) is 3. The first-order valence-corrected chi connectivity index (χ1v) is 14.1. The predicted octanol–water partition coefficient (Wildman–Crippen LogP) is 8.01. The highest BCUT2D eigenvalue weighted by Gasteiger charge is 2.16. The summed E-state index contributed by atoms with van der Waals surface area (Å²) in [6.45, 7) is 9.34. The summed E-state index contributed by atoms with van der Waals surface area (Å²) < 4.78 is 1.12. The molecule has 39 heavy (non-hydrogen) atoms. The Morgan fingerprint density at radius 1 is 0.897 bits per heavy atom. The summed E-state index contributed by atoms with van der Waals surface area (Å²) in [5, 5.41) is 8.87. The number of amides is 2. The van der Waals surface area contributed by atoms with Crippen molar-refractivity contribution in [1.29, 1.82) is 0 Å². The van der Waals surface area contributed by atoms with Crippen molar-refractivity contribution in [3.05, 3.63) is 95.5 Å². The fourth-order valence-corrected chi connectivity index (χ4v) is 5.90. The molecule has 0 unspecified atom stereocenters. The van der Waals surface area contributed by atoms with E-state index in [4.69, 9.17) is 5.73 Å². The molecule has 2 heterocycles. The maximum atomic E-state index is 12.5. The highest BCUT2D eigenvalue weighted by atomic mass is 32.1. The van der Waals surface area contributed by atoms with Crippen LogP contribution in [-0.4, -0.2) is 29.0 Å². The average molecular weight is 536 g/mol. The Labute approximate surface area is 233 Å². The summed E-state index contributed by atoms with van der Waals surface area (Å²) in [5.74, 6) is 0.518. The van der Waals surface area contributed by atoms with Gasteiger partial charge in [0, 0.05) is 45.3 Å². The molecule has 0 saturated heterocycles. The zero-order valence-corrected chi connectivity index (χ0v) is 23.3. The summed E-state index contributed by atoms with van der Waals surface area (Å²) in [4.78, 5) is 19.5. The number of rotatable bonds is 8. The van der Waals surface area contributed by atoms with Crippen molar-refractivity contribution >= 4 is 44.6 Å². The molecule has 4 N–H and O–H groups in total. The van der Waals surface area contributed by atoms with Gasteiger partial charge in [-0.1, -0.05) is 56.3 Å². The number of carbonyl (C=O) groups is 1. The number of anilines is 3. The number of nitrogens with one attached hydrogen (secondary N) is 2. The van der Waals surface area contributed by atoms with Crippen LogP contribution in [0.3, 0.4) is 0 Å². The second-order valence-electron chi connectivity index (χ2n) is 9.60. The van der Waals surface area contributed by atoms with Crippen LogP contribution in [0.15, 0.2) is 84.4 Å². The van der Waals surface area contributed by atoms with Crippen LogP contribution in [0.5, 0.6) is 0 Å². The van der Waals surface area contributed by atoms with Crippen molar-refractivity contribution in [2.45, 2.75) is 27.3 Å². The molecular weight excluding hydrogens is 502 g/mol. The van der Waals surface area contributed by atoms with Crippen LogP contribution in [0.4, 0.5) is 22.0 Å². The Bertz CT molecular complexity index is 1610. The van der Waals surface area contributed by atoms with E-state index in [0.29, 0.717) is 11.5 Å². The number of nitrogens with two attached hydrogens (primary N) is 1. The number of pyridine rings is 1. The third-order valence-corrected chi connectivity index (χ3v) is 7.91. The van der Waals surface area contributed by atoms with Gasteiger partial charge in [-0.2, -0.15) is 0 Å². The zero-order valence-electron chi connectivity index (χ0n) is 22.5. The van der Waals surface area contributed by atoms with Crippen LogP contribution in [0.1, 0.15) is 25.0 Å². The normalized spacial score (nSPS) is 11.2. The third-order valence-electron chi connectivity index (χ3n) is 6.89. The summed E-state index contributed by atoms with van der Waals surface area (Å²) >= 11 is 1.68. The van der Waals surface area contributed by atoms with Crippen LogP contribution < -0.4 is 16.4 Å². The molecule has 6 nitrogen and oxygen atoms in total. The van der Waals surface area contributed by atoms with Gasteiger partial charge in [0.15, 0.2) is 0 Å². The Kier molecular flexibility index (Phi) is 7.91. The lowest BCUT2D eigenvalue weighted by Gasteiger charge is -2.18. The van der Waals surface area contributed by atoms with Crippen molar-refractivity contribution in [2.24, 2.45) is 0 Å². The predicted molar refractivity (Wildman–Crippen MR) is 165 cm³/mol. The van der Waals surface area contributed by atoms with E-state index >= 15 is 0 Å². The van der Waals surface area contributed by atoms with Crippen molar-refractivity contribution in [3.63, 3.8) is 0 Å². The molecule has 0 aliphatic heterocycles. The number of thiophene rings is 1. The molecule has 198 valence electrons. The average Bonchev–Trinajstić information content (AvgIpc) is 3.39. The van der Waals surface area contributed by atoms with Crippen LogP contribution in [0, 0.1) is 6.92 Å². The molecule has 2 amide bonds. The number of carbonyl (C=O) groups excluding carboxylic acids is 1. The van der Waals surface area contributed by atoms with Crippen molar-refractivity contribution in [1.82, 2.24) is 9.88 Å². The minimum absolute atomic E-state index is 0.282. The first kappa shape index (κ1) is 26.4. The summed E-state index contributed by atoms with van der Waals surface area (Å²) in [6, 6.07) is 23.9. The van der Waals surface area contributed by atoms with Crippen LogP contribution >= 0.6 is 11.3 Å². The number of urea groups is 1. The largest absolute Gasteiger partial charge is 0.383 e. The maximum Gasteiger partial charge on any atom is 0.323 e. The fourth-order valence-electron chi connectivity index (χ4n) is 4.78. The number of aromatic nitrogens is 1. The van der Waals surface area contributed by atoms with E-state index < -0.39 is 0 Å². The topological polar surface area (TPSA) is 83.3 Å². The van der Waals surface area contributed by atoms with Gasteiger partial charge in [-0.15, -0.1) is 11.3 Å². The summed E-state index contributed by atoms with van der Waals surface area (Å²) in [6.07, 6.45) is 1.88. The zero-order chi connectivity index (χ0) is 27.4. The standard InChI is InChI=1S/C32H33N5OS/c1-4-37(5-2)19-22-9-7-10-24(17-22)27-18-34-31(33)29-28(20-39-30(27)29)23-12-14-25(15-13-23)35-32(38)36-26-11-6-8-21(3)16-26/h6-18,20H,4-5,19H2,1-3H3,(H2,33,34)(H2,35,36,38). The van der Waals surface area contributed by atoms with Gasteiger partial charge in [-0.05, 0) is 78.0 Å². The molecule has 7 heteroatoms. The smallest absolute Gasteiger partial charge is 0.323 e. The monoisotopic (exact) mass is 535 g/mol. The molecule has 0 radical (unpaired) electrons. The molecule has 0 fully saturated rings. The lowest BCUT2D eigenvalue weighted by atomic mass is 10.00. The number of aryl methyl sites for hydroxylation is 1. The SMILES string of the molecule is CCN(CC)Cc1cccc(-c2cnc(N)c3c(-c4ccc(NC(=O)Nc5cccc(C)c5)cc4)csc23)c1. The number of nitrogen functional groups attached to an aromatic ring is 1. The second-order valence-corrected chi connectivity index (χ2v) is 10.5. The van der Waals surface area contributed by atoms with Gasteiger partial charge < -0.3 is 16.4 Å².